The molecule has 0 saturated carbocycles. The lowest BCUT2D eigenvalue weighted by Gasteiger charge is -2.40. The molecule has 0 N–H and O–H groups in total. The van der Waals surface area contributed by atoms with Gasteiger partial charge in [-0.2, -0.15) is 0 Å². The standard InChI is InChI=1S/C36H52N2O4/c1-11-21-37-33(3,4)23-29(35(37,7)8)41-31(39)27-17-13-25(14-18-27)26-15-19-28(20-16-26)32(40)42-30-24-34(5,6)38(22-12-2)36(30,9)10/h13-20,29-30H,11-12,21-24H2,1-10H3. The molecule has 0 bridgehead atoms. The molecule has 2 aromatic carbocycles. The quantitative estimate of drug-likeness (QED) is 0.285. The van der Waals surface area contributed by atoms with Crippen LogP contribution in [0.4, 0.5) is 0 Å². The van der Waals surface area contributed by atoms with Crippen LogP contribution in [0.5, 0.6) is 0 Å². The molecule has 6 heteroatoms. The number of nitrogens with zero attached hydrogens (tertiary/aromatic N) is 2. The van der Waals surface area contributed by atoms with Gasteiger partial charge >= 0.3 is 11.9 Å². The van der Waals surface area contributed by atoms with E-state index in [9.17, 15) is 9.59 Å². The number of hydrogen-bond donors (Lipinski definition) is 0. The molecule has 6 nitrogen and oxygen atoms in total. The summed E-state index contributed by atoms with van der Waals surface area (Å²) in [6.07, 6.45) is 3.40. The summed E-state index contributed by atoms with van der Waals surface area (Å²) >= 11 is 0. The van der Waals surface area contributed by atoms with Crippen molar-refractivity contribution in [2.24, 2.45) is 0 Å². The van der Waals surface area contributed by atoms with E-state index >= 15 is 0 Å². The predicted octanol–water partition coefficient (Wildman–Crippen LogP) is 7.75. The van der Waals surface area contributed by atoms with E-state index in [0.717, 1.165) is 49.9 Å². The molecule has 0 spiro atoms. The van der Waals surface area contributed by atoms with Crippen LogP contribution in [0, 0.1) is 0 Å². The maximum absolute atomic E-state index is 13.1. The second kappa shape index (κ2) is 11.8. The lowest BCUT2D eigenvalue weighted by molar-refractivity contribution is -0.00559. The normalized spacial score (nSPS) is 24.4. The van der Waals surface area contributed by atoms with Crippen molar-refractivity contribution in [2.75, 3.05) is 13.1 Å². The monoisotopic (exact) mass is 576 g/mol. The molecule has 0 radical (unpaired) electrons. The van der Waals surface area contributed by atoms with Crippen molar-refractivity contribution in [2.45, 2.75) is 129 Å². The van der Waals surface area contributed by atoms with Crippen LogP contribution in [-0.2, 0) is 9.47 Å². The van der Waals surface area contributed by atoms with Gasteiger partial charge in [0.25, 0.3) is 0 Å². The van der Waals surface area contributed by atoms with E-state index in [2.05, 4.69) is 79.0 Å². The number of hydrogen-bond acceptors (Lipinski definition) is 6. The molecule has 4 rings (SSSR count). The summed E-state index contributed by atoms with van der Waals surface area (Å²) in [6, 6.07) is 15.0. The van der Waals surface area contributed by atoms with Gasteiger partial charge < -0.3 is 9.47 Å². The fourth-order valence-corrected chi connectivity index (χ4v) is 7.53. The molecule has 2 heterocycles. The van der Waals surface area contributed by atoms with Crippen LogP contribution in [0.15, 0.2) is 48.5 Å². The summed E-state index contributed by atoms with van der Waals surface area (Å²) in [5.74, 6) is -0.579. The van der Waals surface area contributed by atoms with Crippen LogP contribution in [-0.4, -0.2) is 69.2 Å². The van der Waals surface area contributed by atoms with E-state index in [1.54, 1.807) is 0 Å². The van der Waals surface area contributed by atoms with E-state index in [1.165, 1.54) is 0 Å². The van der Waals surface area contributed by atoms with E-state index in [4.69, 9.17) is 9.47 Å². The third-order valence-corrected chi connectivity index (χ3v) is 9.77. The van der Waals surface area contributed by atoms with E-state index in [1.807, 2.05) is 48.5 Å². The van der Waals surface area contributed by atoms with Crippen molar-refractivity contribution >= 4 is 11.9 Å². The Morgan fingerprint density at radius 1 is 0.619 bits per heavy atom. The Morgan fingerprint density at radius 2 is 0.929 bits per heavy atom. The van der Waals surface area contributed by atoms with E-state index in [0.29, 0.717) is 11.1 Å². The highest BCUT2D eigenvalue weighted by Gasteiger charge is 2.53. The van der Waals surface area contributed by atoms with Crippen LogP contribution in [0.2, 0.25) is 0 Å². The summed E-state index contributed by atoms with van der Waals surface area (Å²) < 4.78 is 12.2. The smallest absolute Gasteiger partial charge is 0.338 e. The second-order valence-corrected chi connectivity index (χ2v) is 14.6. The number of esters is 2. The fraction of sp³-hybridized carbons (Fsp3) is 0.611. The lowest BCUT2D eigenvalue weighted by Crippen LogP contribution is -2.51. The maximum atomic E-state index is 13.1. The Bertz CT molecular complexity index is 1160. The van der Waals surface area contributed by atoms with Crippen LogP contribution < -0.4 is 0 Å². The molecular formula is C36H52N2O4. The van der Waals surface area contributed by atoms with Gasteiger partial charge in [-0.3, -0.25) is 9.80 Å². The molecular weight excluding hydrogens is 524 g/mol. The Hall–Kier alpha value is -2.70. The summed E-state index contributed by atoms with van der Waals surface area (Å²) in [6.45, 7) is 24.0. The Balaban J connectivity index is 1.40. The third-order valence-electron chi connectivity index (χ3n) is 9.77. The van der Waals surface area contributed by atoms with Crippen LogP contribution in [0.1, 0.15) is 116 Å². The molecule has 2 unspecified atom stereocenters. The molecule has 0 amide bonds. The fourth-order valence-electron chi connectivity index (χ4n) is 7.53. The minimum Gasteiger partial charge on any atom is -0.457 e. The summed E-state index contributed by atoms with van der Waals surface area (Å²) in [4.78, 5) is 31.2. The van der Waals surface area contributed by atoms with Crippen LogP contribution in [0.25, 0.3) is 11.1 Å². The highest BCUT2D eigenvalue weighted by Crippen LogP contribution is 2.44. The average Bonchev–Trinajstić information content (AvgIpc) is 3.20. The first-order chi connectivity index (χ1) is 19.5. The number of carbonyl (C=O) groups excluding carboxylic acids is 2. The predicted molar refractivity (Wildman–Crippen MR) is 170 cm³/mol. The van der Waals surface area contributed by atoms with Crippen molar-refractivity contribution in [3.8, 4) is 11.1 Å². The van der Waals surface area contributed by atoms with Crippen molar-refractivity contribution in [1.29, 1.82) is 0 Å². The molecule has 2 saturated heterocycles. The van der Waals surface area contributed by atoms with Gasteiger partial charge in [0.05, 0.1) is 22.2 Å². The molecule has 2 atom stereocenters. The zero-order valence-corrected chi connectivity index (χ0v) is 27.5. The van der Waals surface area contributed by atoms with E-state index < -0.39 is 0 Å². The van der Waals surface area contributed by atoms with Crippen molar-refractivity contribution < 1.29 is 19.1 Å². The molecule has 230 valence electrons. The zero-order chi connectivity index (χ0) is 31.1. The Morgan fingerprint density at radius 3 is 1.21 bits per heavy atom. The number of benzene rings is 2. The van der Waals surface area contributed by atoms with Crippen LogP contribution >= 0.6 is 0 Å². The first-order valence-electron chi connectivity index (χ1n) is 15.7. The SMILES string of the molecule is CCCN1C(C)(C)CC(OC(=O)c2ccc(-c3ccc(C(=O)OC4CC(C)(C)N(CCC)C4(C)C)cc3)cc2)C1(C)C. The summed E-state index contributed by atoms with van der Waals surface area (Å²) in [5, 5.41) is 0. The van der Waals surface area contributed by atoms with Gasteiger partial charge in [-0.05, 0) is 117 Å². The molecule has 0 aromatic heterocycles. The summed E-state index contributed by atoms with van der Waals surface area (Å²) in [7, 11) is 0. The second-order valence-electron chi connectivity index (χ2n) is 14.6. The first kappa shape index (κ1) is 32.2. The van der Waals surface area contributed by atoms with E-state index in [-0.39, 0.29) is 46.3 Å². The molecule has 2 aliphatic heterocycles. The highest BCUT2D eigenvalue weighted by atomic mass is 16.6. The van der Waals surface area contributed by atoms with Crippen molar-refractivity contribution in [1.82, 2.24) is 9.80 Å². The van der Waals surface area contributed by atoms with Gasteiger partial charge in [-0.15, -0.1) is 0 Å². The van der Waals surface area contributed by atoms with Crippen molar-refractivity contribution in [3.05, 3.63) is 59.7 Å². The van der Waals surface area contributed by atoms with Gasteiger partial charge in [0.15, 0.2) is 0 Å². The zero-order valence-electron chi connectivity index (χ0n) is 27.5. The minimum absolute atomic E-state index is 0.0216. The molecule has 2 aromatic rings. The Kier molecular flexibility index (Phi) is 9.02. The minimum atomic E-state index is -0.289. The average molecular weight is 577 g/mol. The molecule has 0 aliphatic carbocycles. The van der Waals surface area contributed by atoms with Gasteiger partial charge in [0.2, 0.25) is 0 Å². The first-order valence-corrected chi connectivity index (χ1v) is 15.7. The van der Waals surface area contributed by atoms with Crippen LogP contribution in [0.3, 0.4) is 0 Å². The summed E-state index contributed by atoms with van der Waals surface area (Å²) in [5.41, 5.74) is 2.53. The van der Waals surface area contributed by atoms with Gasteiger partial charge in [0, 0.05) is 23.9 Å². The number of rotatable bonds is 9. The Labute approximate surface area is 253 Å². The molecule has 2 fully saturated rings. The number of ether oxygens (including phenoxy) is 2. The molecule has 42 heavy (non-hydrogen) atoms. The van der Waals surface area contributed by atoms with Gasteiger partial charge in [0.1, 0.15) is 12.2 Å². The van der Waals surface area contributed by atoms with Gasteiger partial charge in [-0.1, -0.05) is 38.1 Å². The van der Waals surface area contributed by atoms with Crippen molar-refractivity contribution in [3.63, 3.8) is 0 Å². The third kappa shape index (κ3) is 6.16. The number of likely N-dealkylation sites (tertiary alicyclic amines) is 2. The maximum Gasteiger partial charge on any atom is 0.338 e. The number of carbonyl (C=O) groups is 2. The topological polar surface area (TPSA) is 59.1 Å². The lowest BCUT2D eigenvalue weighted by atomic mass is 9.96. The molecule has 2 aliphatic rings. The highest BCUT2D eigenvalue weighted by molar-refractivity contribution is 5.91. The largest absolute Gasteiger partial charge is 0.457 e. The van der Waals surface area contributed by atoms with Gasteiger partial charge in [-0.25, -0.2) is 9.59 Å².